The van der Waals surface area contributed by atoms with Gasteiger partial charge in [-0.3, -0.25) is 0 Å². The topological polar surface area (TPSA) is 70.2 Å². The minimum Gasteiger partial charge on any atom is -0.464 e. The van der Waals surface area contributed by atoms with Crippen LogP contribution in [-0.4, -0.2) is 27.3 Å². The zero-order valence-corrected chi connectivity index (χ0v) is 11.8. The van der Waals surface area contributed by atoms with Crippen molar-refractivity contribution in [2.45, 2.75) is 13.1 Å². The van der Waals surface area contributed by atoms with E-state index < -0.39 is 23.4 Å². The van der Waals surface area contributed by atoms with Crippen molar-refractivity contribution in [3.05, 3.63) is 42.0 Å². The normalized spacial score (nSPS) is 11.8. The molecule has 0 saturated heterocycles. The van der Waals surface area contributed by atoms with Crippen molar-refractivity contribution in [3.8, 4) is 5.82 Å². The number of rotatable bonds is 3. The minimum absolute atomic E-state index is 0.0448. The summed E-state index contributed by atoms with van der Waals surface area (Å²) in [7, 11) is 0. The second-order valence-electron chi connectivity index (χ2n) is 4.50. The van der Waals surface area contributed by atoms with E-state index in [9.17, 15) is 18.0 Å². The minimum atomic E-state index is -4.81. The highest BCUT2D eigenvalue weighted by atomic mass is 19.4. The fourth-order valence-electron chi connectivity index (χ4n) is 2.19. The van der Waals surface area contributed by atoms with E-state index in [0.717, 1.165) is 6.20 Å². The molecule has 0 N–H and O–H groups in total. The van der Waals surface area contributed by atoms with Gasteiger partial charge < -0.3 is 9.15 Å². The van der Waals surface area contributed by atoms with Crippen LogP contribution in [0.25, 0.3) is 16.8 Å². The van der Waals surface area contributed by atoms with Crippen LogP contribution in [0.4, 0.5) is 13.2 Å². The summed E-state index contributed by atoms with van der Waals surface area (Å²) in [6, 6.07) is 2.99. The Morgan fingerprint density at radius 3 is 2.87 bits per heavy atom. The predicted octanol–water partition coefficient (Wildman–Crippen LogP) is 3.21. The molecule has 0 aliphatic heterocycles. The number of nitrogens with zero attached hydrogens (tertiary/aromatic N) is 3. The largest absolute Gasteiger partial charge is 0.464 e. The van der Waals surface area contributed by atoms with Gasteiger partial charge in [-0.1, -0.05) is 0 Å². The summed E-state index contributed by atoms with van der Waals surface area (Å²) < 4.78 is 50.7. The Hall–Kier alpha value is -2.84. The average Bonchev–Trinajstić information content (AvgIpc) is 3.13. The average molecular weight is 325 g/mol. The molecule has 0 spiro atoms. The molecule has 0 unspecified atom stereocenters. The van der Waals surface area contributed by atoms with Crippen LogP contribution in [0, 0.1) is 0 Å². The quantitative estimate of drug-likeness (QED) is 0.692. The first kappa shape index (κ1) is 15.1. The van der Waals surface area contributed by atoms with E-state index in [1.165, 1.54) is 31.5 Å². The lowest BCUT2D eigenvalue weighted by Gasteiger charge is -2.12. The van der Waals surface area contributed by atoms with E-state index in [1.54, 1.807) is 0 Å². The number of alkyl halides is 3. The predicted molar refractivity (Wildman–Crippen MR) is 72.1 cm³/mol. The number of carbonyl (C=O) groups is 1. The van der Waals surface area contributed by atoms with Crippen LogP contribution in [0.1, 0.15) is 23.0 Å². The molecule has 3 aromatic rings. The summed E-state index contributed by atoms with van der Waals surface area (Å²) in [5.41, 5.74) is -1.55. The number of hydrogen-bond donors (Lipinski definition) is 0. The van der Waals surface area contributed by atoms with Crippen LogP contribution in [-0.2, 0) is 10.9 Å². The fraction of sp³-hybridized carbons (Fsp3) is 0.214. The van der Waals surface area contributed by atoms with Crippen LogP contribution in [0.2, 0.25) is 0 Å². The van der Waals surface area contributed by atoms with Crippen molar-refractivity contribution in [3.63, 3.8) is 0 Å². The molecule has 0 saturated carbocycles. The van der Waals surface area contributed by atoms with Crippen LogP contribution in [0.15, 0.2) is 35.2 Å². The number of fused-ring (bicyclic) bond motifs is 1. The van der Waals surface area contributed by atoms with Crippen LogP contribution >= 0.6 is 0 Å². The van der Waals surface area contributed by atoms with Gasteiger partial charge in [0.05, 0.1) is 24.5 Å². The van der Waals surface area contributed by atoms with E-state index in [1.807, 2.05) is 0 Å². The summed E-state index contributed by atoms with van der Waals surface area (Å²) >= 11 is 0. The van der Waals surface area contributed by atoms with Crippen LogP contribution in [0.5, 0.6) is 0 Å². The smallest absolute Gasteiger partial charge is 0.434 e. The number of aromatic nitrogens is 3. The van der Waals surface area contributed by atoms with Crippen molar-refractivity contribution < 1.29 is 27.1 Å². The third kappa shape index (κ3) is 2.54. The van der Waals surface area contributed by atoms with Gasteiger partial charge in [0.15, 0.2) is 11.5 Å². The van der Waals surface area contributed by atoms with Gasteiger partial charge in [-0.15, -0.1) is 0 Å². The van der Waals surface area contributed by atoms with Crippen molar-refractivity contribution in [1.82, 2.24) is 14.8 Å². The van der Waals surface area contributed by atoms with Crippen molar-refractivity contribution in [2.75, 3.05) is 6.61 Å². The molecule has 0 aliphatic carbocycles. The molecule has 0 amide bonds. The Labute approximate surface area is 127 Å². The van der Waals surface area contributed by atoms with Crippen LogP contribution in [0.3, 0.4) is 0 Å². The van der Waals surface area contributed by atoms with Gasteiger partial charge in [-0.2, -0.15) is 18.3 Å². The second-order valence-corrected chi connectivity index (χ2v) is 4.50. The molecular weight excluding hydrogens is 315 g/mol. The lowest BCUT2D eigenvalue weighted by atomic mass is 10.2. The lowest BCUT2D eigenvalue weighted by Crippen LogP contribution is -2.19. The Morgan fingerprint density at radius 2 is 2.17 bits per heavy atom. The Balaban J connectivity index is 2.24. The standard InChI is InChI=1S/C14H10F3N3O3/c1-2-22-13(21)9-7-19-20(11(9)14(15,16)17)12-8-4-6-23-10(8)3-5-18-12/h3-7H,2H2,1H3. The molecule has 23 heavy (non-hydrogen) atoms. The first-order valence-electron chi connectivity index (χ1n) is 6.58. The molecule has 0 atom stereocenters. The molecule has 0 aromatic carbocycles. The van der Waals surface area contributed by atoms with E-state index in [0.29, 0.717) is 15.7 Å². The van der Waals surface area contributed by atoms with E-state index in [4.69, 9.17) is 4.42 Å². The lowest BCUT2D eigenvalue weighted by molar-refractivity contribution is -0.143. The number of pyridine rings is 1. The van der Waals surface area contributed by atoms with Crippen molar-refractivity contribution >= 4 is 16.9 Å². The molecule has 120 valence electrons. The second kappa shape index (κ2) is 5.41. The maximum Gasteiger partial charge on any atom is 0.434 e. The van der Waals surface area contributed by atoms with E-state index in [2.05, 4.69) is 14.8 Å². The molecule has 3 aromatic heterocycles. The number of carbonyl (C=O) groups excluding carboxylic acids is 1. The van der Waals surface area contributed by atoms with Gasteiger partial charge in [-0.25, -0.2) is 14.5 Å². The van der Waals surface area contributed by atoms with Gasteiger partial charge in [0, 0.05) is 6.20 Å². The molecule has 0 bridgehead atoms. The van der Waals surface area contributed by atoms with Crippen molar-refractivity contribution in [2.24, 2.45) is 0 Å². The number of hydrogen-bond acceptors (Lipinski definition) is 5. The zero-order valence-electron chi connectivity index (χ0n) is 11.8. The summed E-state index contributed by atoms with van der Waals surface area (Å²) in [6.07, 6.45) is -1.36. The summed E-state index contributed by atoms with van der Waals surface area (Å²) in [6.45, 7) is 1.46. The molecule has 9 heteroatoms. The summed E-state index contributed by atoms with van der Waals surface area (Å²) in [4.78, 5) is 15.7. The number of halogens is 3. The molecule has 6 nitrogen and oxygen atoms in total. The van der Waals surface area contributed by atoms with E-state index in [-0.39, 0.29) is 12.4 Å². The number of furan rings is 1. The Kier molecular flexibility index (Phi) is 3.55. The van der Waals surface area contributed by atoms with E-state index >= 15 is 0 Å². The Morgan fingerprint density at radius 1 is 1.39 bits per heavy atom. The van der Waals surface area contributed by atoms with Gasteiger partial charge in [0.25, 0.3) is 0 Å². The van der Waals surface area contributed by atoms with Gasteiger partial charge in [-0.05, 0) is 19.1 Å². The van der Waals surface area contributed by atoms with Gasteiger partial charge in [0.1, 0.15) is 11.1 Å². The summed E-state index contributed by atoms with van der Waals surface area (Å²) in [5, 5.41) is 4.02. The highest BCUT2D eigenvalue weighted by Gasteiger charge is 2.41. The summed E-state index contributed by atoms with van der Waals surface area (Å²) in [5.74, 6) is -1.18. The first-order chi connectivity index (χ1) is 10.9. The maximum absolute atomic E-state index is 13.4. The van der Waals surface area contributed by atoms with Crippen LogP contribution < -0.4 is 0 Å². The number of ether oxygens (including phenoxy) is 1. The third-order valence-corrected chi connectivity index (χ3v) is 3.09. The van der Waals surface area contributed by atoms with Gasteiger partial charge >= 0.3 is 12.1 Å². The molecular formula is C14H10F3N3O3. The fourth-order valence-corrected chi connectivity index (χ4v) is 2.19. The Bertz CT molecular complexity index is 867. The zero-order chi connectivity index (χ0) is 16.6. The molecule has 0 fully saturated rings. The van der Waals surface area contributed by atoms with Gasteiger partial charge in [0.2, 0.25) is 0 Å². The highest BCUT2D eigenvalue weighted by molar-refractivity contribution is 5.91. The maximum atomic E-state index is 13.4. The molecule has 3 rings (SSSR count). The van der Waals surface area contributed by atoms with Crippen molar-refractivity contribution in [1.29, 1.82) is 0 Å². The first-order valence-corrected chi connectivity index (χ1v) is 6.58. The molecule has 3 heterocycles. The number of esters is 1. The third-order valence-electron chi connectivity index (χ3n) is 3.09. The molecule has 0 aliphatic rings. The monoisotopic (exact) mass is 325 g/mol. The highest BCUT2D eigenvalue weighted by Crippen LogP contribution is 2.35. The molecule has 0 radical (unpaired) electrons. The SMILES string of the molecule is CCOC(=O)c1cnn(-c2nccc3occc23)c1C(F)(F)F.